The maximum absolute atomic E-state index is 5.77. The van der Waals surface area contributed by atoms with E-state index in [2.05, 4.69) is 30.4 Å². The van der Waals surface area contributed by atoms with Gasteiger partial charge in [0.25, 0.3) is 0 Å². The molecule has 2 rings (SSSR count). The zero-order valence-electron chi connectivity index (χ0n) is 11.2. The third-order valence-electron chi connectivity index (χ3n) is 2.98. The van der Waals surface area contributed by atoms with Crippen LogP contribution in [0.15, 0.2) is 24.3 Å². The first-order valence-corrected chi connectivity index (χ1v) is 8.07. The van der Waals surface area contributed by atoms with Gasteiger partial charge in [-0.2, -0.15) is 11.8 Å². The van der Waals surface area contributed by atoms with Crippen molar-refractivity contribution < 1.29 is 4.74 Å². The molecule has 3 heteroatoms. The van der Waals surface area contributed by atoms with Crippen molar-refractivity contribution in [3.63, 3.8) is 0 Å². The lowest BCUT2D eigenvalue weighted by Crippen LogP contribution is -2.15. The zero-order chi connectivity index (χ0) is 12.6. The fourth-order valence-electron chi connectivity index (χ4n) is 1.79. The molecule has 0 amide bonds. The van der Waals surface area contributed by atoms with Crippen molar-refractivity contribution in [1.29, 1.82) is 0 Å². The van der Waals surface area contributed by atoms with E-state index in [4.69, 9.17) is 4.74 Å². The topological polar surface area (TPSA) is 21.3 Å². The van der Waals surface area contributed by atoms with Crippen molar-refractivity contribution in [2.24, 2.45) is 0 Å². The van der Waals surface area contributed by atoms with Crippen molar-refractivity contribution in [2.75, 3.05) is 18.1 Å². The van der Waals surface area contributed by atoms with E-state index in [1.54, 1.807) is 0 Å². The van der Waals surface area contributed by atoms with Gasteiger partial charge in [-0.1, -0.05) is 19.1 Å². The Hall–Kier alpha value is -0.670. The summed E-state index contributed by atoms with van der Waals surface area (Å²) in [5, 5.41) is 3.53. The number of benzene rings is 1. The van der Waals surface area contributed by atoms with Gasteiger partial charge in [0.15, 0.2) is 0 Å². The normalized spacial score (nSPS) is 14.7. The first-order valence-electron chi connectivity index (χ1n) is 6.91. The molecule has 0 atom stereocenters. The van der Waals surface area contributed by atoms with Gasteiger partial charge in [-0.05, 0) is 48.5 Å². The van der Waals surface area contributed by atoms with Gasteiger partial charge in [-0.25, -0.2) is 0 Å². The Labute approximate surface area is 114 Å². The highest BCUT2D eigenvalue weighted by atomic mass is 32.2. The van der Waals surface area contributed by atoms with Gasteiger partial charge in [-0.15, -0.1) is 0 Å². The van der Waals surface area contributed by atoms with Crippen molar-refractivity contribution in [2.45, 2.75) is 38.8 Å². The van der Waals surface area contributed by atoms with E-state index in [9.17, 15) is 0 Å². The van der Waals surface area contributed by atoms with Crippen LogP contribution in [0.2, 0.25) is 0 Å². The average molecular weight is 265 g/mol. The Morgan fingerprint density at radius 3 is 3.06 bits per heavy atom. The van der Waals surface area contributed by atoms with Crippen LogP contribution >= 0.6 is 11.8 Å². The average Bonchev–Trinajstić information content (AvgIpc) is 3.21. The molecule has 100 valence electrons. The molecule has 0 aromatic heterocycles. The predicted octanol–water partition coefficient (Wildman–Crippen LogP) is 3.46. The standard InChI is InChI=1S/C15H23NOS/c1-2-18-10-4-9-17-15-6-3-5-13(11-15)12-16-14-7-8-14/h3,5-6,11,14,16H,2,4,7-10,12H2,1H3. The summed E-state index contributed by atoms with van der Waals surface area (Å²) >= 11 is 1.97. The van der Waals surface area contributed by atoms with Crippen LogP contribution in [-0.2, 0) is 6.54 Å². The van der Waals surface area contributed by atoms with E-state index in [0.717, 1.165) is 31.4 Å². The van der Waals surface area contributed by atoms with Crippen molar-refractivity contribution in [1.82, 2.24) is 5.32 Å². The van der Waals surface area contributed by atoms with Crippen LogP contribution in [0.5, 0.6) is 5.75 Å². The van der Waals surface area contributed by atoms with Gasteiger partial charge in [0.05, 0.1) is 6.61 Å². The molecule has 1 aromatic rings. The summed E-state index contributed by atoms with van der Waals surface area (Å²) in [4.78, 5) is 0. The molecule has 0 radical (unpaired) electrons. The van der Waals surface area contributed by atoms with Crippen molar-refractivity contribution in [3.05, 3.63) is 29.8 Å². The molecule has 1 N–H and O–H groups in total. The van der Waals surface area contributed by atoms with Crippen LogP contribution in [0.1, 0.15) is 31.7 Å². The van der Waals surface area contributed by atoms with Gasteiger partial charge in [0.2, 0.25) is 0 Å². The highest BCUT2D eigenvalue weighted by molar-refractivity contribution is 7.99. The number of thioether (sulfide) groups is 1. The quantitative estimate of drug-likeness (QED) is 0.691. The summed E-state index contributed by atoms with van der Waals surface area (Å²) in [7, 11) is 0. The molecule has 1 aliphatic rings. The predicted molar refractivity (Wildman–Crippen MR) is 79.4 cm³/mol. The summed E-state index contributed by atoms with van der Waals surface area (Å²) in [5.74, 6) is 3.40. The Bertz CT molecular complexity index is 352. The second kappa shape index (κ2) is 7.70. The van der Waals surface area contributed by atoms with Gasteiger partial charge in [0, 0.05) is 12.6 Å². The largest absolute Gasteiger partial charge is 0.494 e. The van der Waals surface area contributed by atoms with E-state index in [0.29, 0.717) is 0 Å². The summed E-state index contributed by atoms with van der Waals surface area (Å²) in [5.41, 5.74) is 1.32. The Balaban J connectivity index is 1.68. The summed E-state index contributed by atoms with van der Waals surface area (Å²) in [6.07, 6.45) is 3.81. The summed E-state index contributed by atoms with van der Waals surface area (Å²) in [6, 6.07) is 9.21. The molecular weight excluding hydrogens is 242 g/mol. The number of nitrogens with one attached hydrogen (secondary N) is 1. The molecule has 0 saturated heterocycles. The van der Waals surface area contributed by atoms with Gasteiger partial charge in [-0.3, -0.25) is 0 Å². The molecule has 1 aromatic carbocycles. The Morgan fingerprint density at radius 2 is 2.28 bits per heavy atom. The lowest BCUT2D eigenvalue weighted by atomic mass is 10.2. The van der Waals surface area contributed by atoms with E-state index < -0.39 is 0 Å². The lowest BCUT2D eigenvalue weighted by molar-refractivity contribution is 0.318. The minimum absolute atomic E-state index is 0.764. The summed E-state index contributed by atoms with van der Waals surface area (Å²) in [6.45, 7) is 3.99. The van der Waals surface area contributed by atoms with E-state index in [-0.39, 0.29) is 0 Å². The van der Waals surface area contributed by atoms with Crippen LogP contribution in [0.3, 0.4) is 0 Å². The maximum Gasteiger partial charge on any atom is 0.119 e. The molecule has 1 aliphatic carbocycles. The Kier molecular flexibility index (Phi) is 5.88. The molecular formula is C15H23NOS. The number of rotatable bonds is 9. The van der Waals surface area contributed by atoms with Crippen LogP contribution in [0.4, 0.5) is 0 Å². The van der Waals surface area contributed by atoms with E-state index in [1.807, 2.05) is 17.8 Å². The lowest BCUT2D eigenvalue weighted by Gasteiger charge is -2.08. The van der Waals surface area contributed by atoms with Crippen LogP contribution in [0.25, 0.3) is 0 Å². The minimum atomic E-state index is 0.764. The molecule has 2 nitrogen and oxygen atoms in total. The first-order chi connectivity index (χ1) is 8.88. The number of hydrogen-bond acceptors (Lipinski definition) is 3. The summed E-state index contributed by atoms with van der Waals surface area (Å²) < 4.78 is 5.77. The third kappa shape index (κ3) is 5.32. The maximum atomic E-state index is 5.77. The second-order valence-electron chi connectivity index (χ2n) is 4.70. The molecule has 0 spiro atoms. The van der Waals surface area contributed by atoms with Gasteiger partial charge in [0.1, 0.15) is 5.75 Å². The molecule has 0 aliphatic heterocycles. The fourth-order valence-corrected chi connectivity index (χ4v) is 2.40. The SMILES string of the molecule is CCSCCCOc1cccc(CNC2CC2)c1. The molecule has 0 bridgehead atoms. The van der Waals surface area contributed by atoms with Crippen LogP contribution in [-0.4, -0.2) is 24.2 Å². The Morgan fingerprint density at radius 1 is 1.39 bits per heavy atom. The second-order valence-corrected chi connectivity index (χ2v) is 6.10. The fraction of sp³-hybridized carbons (Fsp3) is 0.600. The highest BCUT2D eigenvalue weighted by Crippen LogP contribution is 2.20. The molecule has 0 unspecified atom stereocenters. The van der Waals surface area contributed by atoms with Crippen molar-refractivity contribution in [3.8, 4) is 5.75 Å². The minimum Gasteiger partial charge on any atom is -0.494 e. The van der Waals surface area contributed by atoms with Gasteiger partial charge >= 0.3 is 0 Å². The van der Waals surface area contributed by atoms with Crippen LogP contribution < -0.4 is 10.1 Å². The van der Waals surface area contributed by atoms with E-state index >= 15 is 0 Å². The van der Waals surface area contributed by atoms with Crippen molar-refractivity contribution >= 4 is 11.8 Å². The first kappa shape index (κ1) is 13.8. The highest BCUT2D eigenvalue weighted by Gasteiger charge is 2.19. The molecule has 18 heavy (non-hydrogen) atoms. The van der Waals surface area contributed by atoms with Gasteiger partial charge < -0.3 is 10.1 Å². The molecule has 1 saturated carbocycles. The number of ether oxygens (including phenoxy) is 1. The number of hydrogen-bond donors (Lipinski definition) is 1. The molecule has 1 fully saturated rings. The van der Waals surface area contributed by atoms with E-state index in [1.165, 1.54) is 29.9 Å². The zero-order valence-corrected chi connectivity index (χ0v) is 12.0. The monoisotopic (exact) mass is 265 g/mol. The molecule has 0 heterocycles. The van der Waals surface area contributed by atoms with Crippen LogP contribution in [0, 0.1) is 0 Å². The smallest absolute Gasteiger partial charge is 0.119 e. The third-order valence-corrected chi connectivity index (χ3v) is 3.96.